The van der Waals surface area contributed by atoms with E-state index >= 15 is 0 Å². The molecule has 1 aromatic carbocycles. The molecular formula is C18H30N2O. The molecule has 0 spiro atoms. The number of likely N-dealkylation sites (N-methyl/N-ethyl adjacent to an activating group) is 1. The van der Waals surface area contributed by atoms with E-state index in [0.29, 0.717) is 12.5 Å². The highest BCUT2D eigenvalue weighted by atomic mass is 16.3. The molecule has 1 saturated carbocycles. The van der Waals surface area contributed by atoms with Crippen LogP contribution in [0.15, 0.2) is 24.3 Å². The summed E-state index contributed by atoms with van der Waals surface area (Å²) in [6.07, 6.45) is 3.38. The first kappa shape index (κ1) is 16.5. The molecule has 118 valence electrons. The predicted molar refractivity (Wildman–Crippen MR) is 88.5 cm³/mol. The fraction of sp³-hybridized carbons (Fsp3) is 0.667. The standard InChI is InChI=1S/C18H30N2O/c1-14(2)12-15-4-6-16(7-5-15)18(21)13-19-10-11-20(3)17-8-9-17/h4-7,14,17-19,21H,8-13H2,1-3H3. The van der Waals surface area contributed by atoms with Gasteiger partial charge >= 0.3 is 0 Å². The minimum absolute atomic E-state index is 0.413. The zero-order valence-corrected chi connectivity index (χ0v) is 13.7. The van der Waals surface area contributed by atoms with E-state index in [0.717, 1.165) is 31.1 Å². The molecule has 0 saturated heterocycles. The van der Waals surface area contributed by atoms with Crippen molar-refractivity contribution < 1.29 is 5.11 Å². The number of aliphatic hydroxyl groups excluding tert-OH is 1. The van der Waals surface area contributed by atoms with Crippen LogP contribution in [0.4, 0.5) is 0 Å². The molecule has 0 amide bonds. The molecular weight excluding hydrogens is 260 g/mol. The second kappa shape index (κ2) is 7.92. The van der Waals surface area contributed by atoms with Crippen LogP contribution in [0.3, 0.4) is 0 Å². The predicted octanol–water partition coefficient (Wildman–Crippen LogP) is 2.60. The highest BCUT2D eigenvalue weighted by Crippen LogP contribution is 2.24. The maximum Gasteiger partial charge on any atom is 0.0914 e. The summed E-state index contributed by atoms with van der Waals surface area (Å²) in [5.41, 5.74) is 2.35. The number of nitrogens with zero attached hydrogens (tertiary/aromatic N) is 1. The molecule has 1 fully saturated rings. The van der Waals surface area contributed by atoms with E-state index < -0.39 is 6.10 Å². The van der Waals surface area contributed by atoms with Crippen LogP contribution in [-0.4, -0.2) is 42.7 Å². The van der Waals surface area contributed by atoms with Crippen LogP contribution in [0.5, 0.6) is 0 Å². The maximum atomic E-state index is 10.2. The van der Waals surface area contributed by atoms with Crippen molar-refractivity contribution in [1.82, 2.24) is 10.2 Å². The number of hydrogen-bond acceptors (Lipinski definition) is 3. The number of rotatable bonds is 9. The van der Waals surface area contributed by atoms with E-state index in [1.54, 1.807) is 0 Å². The third-order valence-corrected chi connectivity index (χ3v) is 4.16. The molecule has 1 aliphatic rings. The van der Waals surface area contributed by atoms with Crippen LogP contribution in [0, 0.1) is 5.92 Å². The molecule has 3 nitrogen and oxygen atoms in total. The first-order chi connectivity index (χ1) is 10.1. The molecule has 3 heteroatoms. The molecule has 2 rings (SSSR count). The summed E-state index contributed by atoms with van der Waals surface area (Å²) in [5, 5.41) is 13.6. The highest BCUT2D eigenvalue weighted by Gasteiger charge is 2.25. The number of hydrogen-bond donors (Lipinski definition) is 2. The molecule has 0 bridgehead atoms. The van der Waals surface area contributed by atoms with Crippen LogP contribution in [0.1, 0.15) is 43.9 Å². The maximum absolute atomic E-state index is 10.2. The lowest BCUT2D eigenvalue weighted by Gasteiger charge is -2.17. The van der Waals surface area contributed by atoms with Gasteiger partial charge in [0.1, 0.15) is 0 Å². The Morgan fingerprint density at radius 1 is 1.24 bits per heavy atom. The molecule has 0 aliphatic heterocycles. The first-order valence-corrected chi connectivity index (χ1v) is 8.24. The van der Waals surface area contributed by atoms with Crippen molar-refractivity contribution in [2.24, 2.45) is 5.92 Å². The van der Waals surface area contributed by atoms with Gasteiger partial charge in [-0.15, -0.1) is 0 Å². The number of benzene rings is 1. The quantitative estimate of drug-likeness (QED) is 0.686. The molecule has 1 aliphatic carbocycles. The van der Waals surface area contributed by atoms with Gasteiger partial charge in [-0.05, 0) is 43.4 Å². The van der Waals surface area contributed by atoms with Crippen molar-refractivity contribution in [3.05, 3.63) is 35.4 Å². The van der Waals surface area contributed by atoms with Gasteiger partial charge in [0.2, 0.25) is 0 Å². The molecule has 1 aromatic rings. The van der Waals surface area contributed by atoms with E-state index in [-0.39, 0.29) is 0 Å². The zero-order chi connectivity index (χ0) is 15.2. The van der Waals surface area contributed by atoms with Gasteiger partial charge in [-0.2, -0.15) is 0 Å². The lowest BCUT2D eigenvalue weighted by Crippen LogP contribution is -2.32. The fourth-order valence-corrected chi connectivity index (χ4v) is 2.66. The van der Waals surface area contributed by atoms with Crippen molar-refractivity contribution >= 4 is 0 Å². The third kappa shape index (κ3) is 5.77. The van der Waals surface area contributed by atoms with Crippen molar-refractivity contribution in [1.29, 1.82) is 0 Å². The average molecular weight is 290 g/mol. The van der Waals surface area contributed by atoms with E-state index in [4.69, 9.17) is 0 Å². The monoisotopic (exact) mass is 290 g/mol. The molecule has 21 heavy (non-hydrogen) atoms. The van der Waals surface area contributed by atoms with Crippen LogP contribution in [0.2, 0.25) is 0 Å². The summed E-state index contributed by atoms with van der Waals surface area (Å²) in [5.74, 6) is 0.672. The van der Waals surface area contributed by atoms with Crippen LogP contribution < -0.4 is 5.32 Å². The minimum Gasteiger partial charge on any atom is -0.387 e. The zero-order valence-electron chi connectivity index (χ0n) is 13.7. The van der Waals surface area contributed by atoms with E-state index in [1.165, 1.54) is 18.4 Å². The summed E-state index contributed by atoms with van der Waals surface area (Å²) < 4.78 is 0. The molecule has 1 unspecified atom stereocenters. The number of nitrogens with one attached hydrogen (secondary N) is 1. The summed E-state index contributed by atoms with van der Waals surface area (Å²) in [6, 6.07) is 9.20. The second-order valence-electron chi connectivity index (χ2n) is 6.77. The Morgan fingerprint density at radius 2 is 1.90 bits per heavy atom. The van der Waals surface area contributed by atoms with Gasteiger partial charge in [-0.25, -0.2) is 0 Å². The van der Waals surface area contributed by atoms with Crippen molar-refractivity contribution in [2.75, 3.05) is 26.7 Å². The third-order valence-electron chi connectivity index (χ3n) is 4.16. The second-order valence-corrected chi connectivity index (χ2v) is 6.77. The molecule has 0 radical (unpaired) electrons. The van der Waals surface area contributed by atoms with Gasteiger partial charge in [-0.3, -0.25) is 0 Å². The Kier molecular flexibility index (Phi) is 6.22. The SMILES string of the molecule is CC(C)Cc1ccc(C(O)CNCCN(C)C2CC2)cc1. The van der Waals surface area contributed by atoms with Gasteiger partial charge in [0.25, 0.3) is 0 Å². The topological polar surface area (TPSA) is 35.5 Å². The van der Waals surface area contributed by atoms with Crippen LogP contribution in [0.25, 0.3) is 0 Å². The summed E-state index contributed by atoms with van der Waals surface area (Å²) in [7, 11) is 2.18. The largest absolute Gasteiger partial charge is 0.387 e. The molecule has 0 heterocycles. The van der Waals surface area contributed by atoms with Gasteiger partial charge in [-0.1, -0.05) is 38.1 Å². The van der Waals surface area contributed by atoms with Crippen molar-refractivity contribution in [3.8, 4) is 0 Å². The summed E-state index contributed by atoms with van der Waals surface area (Å²) in [4.78, 5) is 2.40. The van der Waals surface area contributed by atoms with Crippen molar-refractivity contribution in [3.63, 3.8) is 0 Å². The minimum atomic E-state index is -0.413. The Balaban J connectivity index is 1.68. The first-order valence-electron chi connectivity index (χ1n) is 8.24. The Morgan fingerprint density at radius 3 is 2.48 bits per heavy atom. The van der Waals surface area contributed by atoms with E-state index in [9.17, 15) is 5.11 Å². The van der Waals surface area contributed by atoms with E-state index in [1.807, 2.05) is 0 Å². The van der Waals surface area contributed by atoms with E-state index in [2.05, 4.69) is 55.4 Å². The van der Waals surface area contributed by atoms with Crippen molar-refractivity contribution in [2.45, 2.75) is 45.3 Å². The highest BCUT2D eigenvalue weighted by molar-refractivity contribution is 5.24. The average Bonchev–Trinajstić information content (AvgIpc) is 3.28. The smallest absolute Gasteiger partial charge is 0.0914 e. The Hall–Kier alpha value is -0.900. The van der Waals surface area contributed by atoms with Gasteiger partial charge in [0.15, 0.2) is 0 Å². The normalized spacial score (nSPS) is 16.7. The molecule has 2 N–H and O–H groups in total. The number of aliphatic hydroxyl groups is 1. The Bertz CT molecular complexity index is 412. The Labute approximate surface area is 129 Å². The van der Waals surface area contributed by atoms with Gasteiger partial charge in [0.05, 0.1) is 6.10 Å². The summed E-state index contributed by atoms with van der Waals surface area (Å²) in [6.45, 7) is 7.08. The summed E-state index contributed by atoms with van der Waals surface area (Å²) >= 11 is 0. The van der Waals surface area contributed by atoms with Gasteiger partial charge < -0.3 is 15.3 Å². The van der Waals surface area contributed by atoms with Gasteiger partial charge in [0, 0.05) is 25.7 Å². The fourth-order valence-electron chi connectivity index (χ4n) is 2.66. The molecule has 0 aromatic heterocycles. The van der Waals surface area contributed by atoms with Crippen LogP contribution >= 0.6 is 0 Å². The van der Waals surface area contributed by atoms with Crippen LogP contribution in [-0.2, 0) is 6.42 Å². The molecule has 1 atom stereocenters. The lowest BCUT2D eigenvalue weighted by atomic mass is 10.0. The lowest BCUT2D eigenvalue weighted by molar-refractivity contribution is 0.173.